The minimum atomic E-state index is -0.0378. The number of carbonyl (C=O) groups is 1. The molecule has 0 aromatic heterocycles. The molecule has 116 valence electrons. The monoisotopic (exact) mass is 339 g/mol. The van der Waals surface area contributed by atoms with Crippen LogP contribution in [0.2, 0.25) is 0 Å². The first-order valence-corrected chi connectivity index (χ1v) is 8.75. The Morgan fingerprint density at radius 2 is 1.83 bits per heavy atom. The van der Waals surface area contributed by atoms with E-state index in [1.54, 1.807) is 4.90 Å². The number of carbonyl (C=O) groups excluding carboxylic acids is 1. The lowest BCUT2D eigenvalue weighted by Gasteiger charge is -2.18. The van der Waals surface area contributed by atoms with Crippen LogP contribution < -0.4 is 4.90 Å². The first-order chi connectivity index (χ1) is 11.1. The topological polar surface area (TPSA) is 20.3 Å². The molecule has 0 unspecified atom stereocenters. The zero-order valence-corrected chi connectivity index (χ0v) is 14.7. The van der Waals surface area contributed by atoms with Gasteiger partial charge in [-0.25, -0.2) is 0 Å². The van der Waals surface area contributed by atoms with E-state index in [1.165, 1.54) is 11.8 Å². The molecule has 4 heteroatoms. The van der Waals surface area contributed by atoms with E-state index in [-0.39, 0.29) is 5.91 Å². The van der Waals surface area contributed by atoms with E-state index >= 15 is 0 Å². The average Bonchev–Trinajstić information content (AvgIpc) is 2.83. The van der Waals surface area contributed by atoms with E-state index in [0.717, 1.165) is 28.8 Å². The summed E-state index contributed by atoms with van der Waals surface area (Å²) in [5.74, 6) is -0.0378. The molecule has 1 aliphatic heterocycles. The lowest BCUT2D eigenvalue weighted by molar-refractivity contribution is -0.113. The highest BCUT2D eigenvalue weighted by molar-refractivity contribution is 8.27. The van der Waals surface area contributed by atoms with Gasteiger partial charge in [0.15, 0.2) is 4.32 Å². The number of thioether (sulfide) groups is 1. The van der Waals surface area contributed by atoms with Crippen LogP contribution in [0.5, 0.6) is 0 Å². The van der Waals surface area contributed by atoms with Gasteiger partial charge in [-0.15, -0.1) is 0 Å². The maximum atomic E-state index is 12.8. The predicted molar refractivity (Wildman–Crippen MR) is 103 cm³/mol. The number of anilines is 1. The molecule has 1 amide bonds. The van der Waals surface area contributed by atoms with Crippen molar-refractivity contribution in [2.24, 2.45) is 0 Å². The number of rotatable bonds is 3. The first kappa shape index (κ1) is 16.0. The Kier molecular flexibility index (Phi) is 4.64. The third kappa shape index (κ3) is 3.09. The van der Waals surface area contributed by atoms with Gasteiger partial charge in [-0.1, -0.05) is 73.4 Å². The summed E-state index contributed by atoms with van der Waals surface area (Å²) in [6.45, 7) is 4.12. The van der Waals surface area contributed by atoms with Crippen molar-refractivity contribution in [2.45, 2.75) is 20.3 Å². The molecule has 1 aliphatic rings. The first-order valence-electron chi connectivity index (χ1n) is 7.53. The Morgan fingerprint density at radius 1 is 1.13 bits per heavy atom. The molecular formula is C19H17NOS2. The Balaban J connectivity index is 1.99. The van der Waals surface area contributed by atoms with Gasteiger partial charge in [0.25, 0.3) is 5.91 Å². The molecule has 1 saturated heterocycles. The van der Waals surface area contributed by atoms with Crippen LogP contribution in [0.15, 0.2) is 53.4 Å². The molecule has 1 heterocycles. The second-order valence-corrected chi connectivity index (χ2v) is 7.03. The minimum absolute atomic E-state index is 0.0378. The van der Waals surface area contributed by atoms with Gasteiger partial charge in [0.1, 0.15) is 0 Å². The summed E-state index contributed by atoms with van der Waals surface area (Å²) in [6, 6.07) is 16.0. The number of hydrogen-bond donors (Lipinski definition) is 0. The van der Waals surface area contributed by atoms with Crippen LogP contribution in [0.1, 0.15) is 23.6 Å². The van der Waals surface area contributed by atoms with Gasteiger partial charge in [-0.2, -0.15) is 0 Å². The van der Waals surface area contributed by atoms with Crippen LogP contribution in [0.3, 0.4) is 0 Å². The average molecular weight is 339 g/mol. The normalized spacial score (nSPS) is 16.4. The fourth-order valence-electron chi connectivity index (χ4n) is 2.59. The quantitative estimate of drug-likeness (QED) is 0.582. The van der Waals surface area contributed by atoms with Crippen molar-refractivity contribution in [1.29, 1.82) is 0 Å². The second-order valence-electron chi connectivity index (χ2n) is 5.36. The Morgan fingerprint density at radius 3 is 2.57 bits per heavy atom. The molecule has 2 aromatic rings. The smallest absolute Gasteiger partial charge is 0.268 e. The zero-order chi connectivity index (χ0) is 16.4. The van der Waals surface area contributed by atoms with Crippen molar-refractivity contribution in [3.63, 3.8) is 0 Å². The number of benzene rings is 2. The SMILES string of the molecule is CCc1ccccc1N1C(=O)/C(=C/c2ccccc2C)SC1=S. The summed E-state index contributed by atoms with van der Waals surface area (Å²) >= 11 is 6.83. The van der Waals surface area contributed by atoms with E-state index < -0.39 is 0 Å². The fourth-order valence-corrected chi connectivity index (χ4v) is 3.87. The third-order valence-electron chi connectivity index (χ3n) is 3.88. The zero-order valence-electron chi connectivity index (χ0n) is 13.1. The highest BCUT2D eigenvalue weighted by Gasteiger charge is 2.34. The van der Waals surface area contributed by atoms with Gasteiger partial charge in [0, 0.05) is 0 Å². The molecular weight excluding hydrogens is 322 g/mol. The molecule has 23 heavy (non-hydrogen) atoms. The summed E-state index contributed by atoms with van der Waals surface area (Å²) in [5, 5.41) is 0. The maximum absolute atomic E-state index is 12.8. The van der Waals surface area contributed by atoms with Gasteiger partial charge < -0.3 is 0 Å². The standard InChI is InChI=1S/C19H17NOS2/c1-3-14-9-6-7-11-16(14)20-18(21)17(23-19(20)22)12-15-10-5-4-8-13(15)2/h4-12H,3H2,1-2H3/b17-12-. The van der Waals surface area contributed by atoms with E-state index in [4.69, 9.17) is 12.2 Å². The summed E-state index contributed by atoms with van der Waals surface area (Å²) < 4.78 is 0.593. The predicted octanol–water partition coefficient (Wildman–Crippen LogP) is 4.96. The molecule has 0 atom stereocenters. The number of para-hydroxylation sites is 1. The van der Waals surface area contributed by atoms with E-state index in [2.05, 4.69) is 6.92 Å². The van der Waals surface area contributed by atoms with E-state index in [1.807, 2.05) is 61.5 Å². The summed E-state index contributed by atoms with van der Waals surface area (Å²) in [7, 11) is 0. The minimum Gasteiger partial charge on any atom is -0.268 e. The second kappa shape index (κ2) is 6.69. The van der Waals surface area contributed by atoms with Crippen LogP contribution in [-0.2, 0) is 11.2 Å². The van der Waals surface area contributed by atoms with Gasteiger partial charge in [-0.3, -0.25) is 9.69 Å². The van der Waals surface area contributed by atoms with Crippen LogP contribution >= 0.6 is 24.0 Å². The van der Waals surface area contributed by atoms with Gasteiger partial charge >= 0.3 is 0 Å². The third-order valence-corrected chi connectivity index (χ3v) is 5.18. The summed E-state index contributed by atoms with van der Waals surface area (Å²) in [4.78, 5) is 15.2. The van der Waals surface area contributed by atoms with E-state index in [9.17, 15) is 4.79 Å². The van der Waals surface area contributed by atoms with Crippen molar-refractivity contribution >= 4 is 46.0 Å². The molecule has 2 aromatic carbocycles. The Hall–Kier alpha value is -1.91. The molecule has 0 bridgehead atoms. The highest BCUT2D eigenvalue weighted by atomic mass is 32.2. The lowest BCUT2D eigenvalue weighted by Crippen LogP contribution is -2.28. The molecule has 3 rings (SSSR count). The summed E-state index contributed by atoms with van der Waals surface area (Å²) in [6.07, 6.45) is 2.80. The fraction of sp³-hybridized carbons (Fsp3) is 0.158. The molecule has 2 nitrogen and oxygen atoms in total. The van der Waals surface area contributed by atoms with Crippen LogP contribution in [0.4, 0.5) is 5.69 Å². The number of nitrogens with zero attached hydrogens (tertiary/aromatic N) is 1. The number of amides is 1. The largest absolute Gasteiger partial charge is 0.270 e. The highest BCUT2D eigenvalue weighted by Crippen LogP contribution is 2.37. The molecule has 0 radical (unpaired) electrons. The van der Waals surface area contributed by atoms with Crippen LogP contribution in [-0.4, -0.2) is 10.2 Å². The van der Waals surface area contributed by atoms with Gasteiger partial charge in [-0.05, 0) is 42.2 Å². The van der Waals surface area contributed by atoms with Crippen molar-refractivity contribution < 1.29 is 4.79 Å². The van der Waals surface area contributed by atoms with Crippen LogP contribution in [0, 0.1) is 6.92 Å². The Bertz CT molecular complexity index is 811. The molecule has 0 aliphatic carbocycles. The van der Waals surface area contributed by atoms with Crippen molar-refractivity contribution in [3.05, 3.63) is 70.1 Å². The Labute approximate surface area is 146 Å². The van der Waals surface area contributed by atoms with Crippen molar-refractivity contribution in [2.75, 3.05) is 4.90 Å². The molecule has 0 saturated carbocycles. The van der Waals surface area contributed by atoms with Gasteiger partial charge in [0.2, 0.25) is 0 Å². The van der Waals surface area contributed by atoms with E-state index in [0.29, 0.717) is 9.23 Å². The molecule has 0 N–H and O–H groups in total. The molecule has 0 spiro atoms. The number of aryl methyl sites for hydroxylation is 2. The number of thiocarbonyl (C=S) groups is 1. The maximum Gasteiger partial charge on any atom is 0.270 e. The number of hydrogen-bond acceptors (Lipinski definition) is 3. The summed E-state index contributed by atoms with van der Waals surface area (Å²) in [5.41, 5.74) is 4.22. The van der Waals surface area contributed by atoms with Crippen LogP contribution in [0.25, 0.3) is 6.08 Å². The molecule has 1 fully saturated rings. The van der Waals surface area contributed by atoms with Gasteiger partial charge in [0.05, 0.1) is 10.6 Å². The lowest BCUT2D eigenvalue weighted by atomic mass is 10.1. The van der Waals surface area contributed by atoms with Crippen molar-refractivity contribution in [3.8, 4) is 0 Å². The van der Waals surface area contributed by atoms with Crippen molar-refractivity contribution in [1.82, 2.24) is 0 Å².